The Morgan fingerprint density at radius 3 is 2.58 bits per heavy atom. The molecule has 0 aromatic rings. The number of rotatable bonds is 8. The summed E-state index contributed by atoms with van der Waals surface area (Å²) < 4.78 is 4.74. The van der Waals surface area contributed by atoms with E-state index in [-0.39, 0.29) is 18.3 Å². The SMILES string of the molecule is CCOC(=O)CCCNC(=O)NC(C(=O)O)C1CC1. The van der Waals surface area contributed by atoms with Crippen molar-refractivity contribution in [3.8, 4) is 0 Å². The Morgan fingerprint density at radius 1 is 1.37 bits per heavy atom. The molecule has 0 heterocycles. The number of carbonyl (C=O) groups is 3. The Balaban J connectivity index is 2.13. The summed E-state index contributed by atoms with van der Waals surface area (Å²) in [5.41, 5.74) is 0. The number of hydrogen-bond donors (Lipinski definition) is 3. The predicted molar refractivity (Wildman–Crippen MR) is 66.5 cm³/mol. The van der Waals surface area contributed by atoms with Gasteiger partial charge in [-0.3, -0.25) is 4.79 Å². The van der Waals surface area contributed by atoms with Crippen molar-refractivity contribution >= 4 is 18.0 Å². The first-order chi connectivity index (χ1) is 9.04. The van der Waals surface area contributed by atoms with Gasteiger partial charge >= 0.3 is 18.0 Å². The standard InChI is InChI=1S/C12H20N2O5/c1-2-19-9(15)4-3-7-13-12(18)14-10(11(16)17)8-5-6-8/h8,10H,2-7H2,1H3,(H,16,17)(H2,13,14,18). The fraction of sp³-hybridized carbons (Fsp3) is 0.750. The Bertz CT molecular complexity index is 341. The zero-order valence-corrected chi connectivity index (χ0v) is 11.0. The van der Waals surface area contributed by atoms with Crippen molar-refractivity contribution in [3.05, 3.63) is 0 Å². The molecule has 7 nitrogen and oxygen atoms in total. The van der Waals surface area contributed by atoms with Gasteiger partial charge in [0.25, 0.3) is 0 Å². The van der Waals surface area contributed by atoms with Crippen LogP contribution in [0.4, 0.5) is 4.79 Å². The van der Waals surface area contributed by atoms with Crippen LogP contribution < -0.4 is 10.6 Å². The number of ether oxygens (including phenoxy) is 1. The van der Waals surface area contributed by atoms with Crippen LogP contribution in [0.25, 0.3) is 0 Å². The highest BCUT2D eigenvalue weighted by atomic mass is 16.5. The monoisotopic (exact) mass is 272 g/mol. The molecule has 1 aliphatic rings. The fourth-order valence-corrected chi connectivity index (χ4v) is 1.67. The van der Waals surface area contributed by atoms with Crippen molar-refractivity contribution < 1.29 is 24.2 Å². The van der Waals surface area contributed by atoms with Crippen LogP contribution in [0.15, 0.2) is 0 Å². The highest BCUT2D eigenvalue weighted by Gasteiger charge is 2.37. The molecule has 0 bridgehead atoms. The van der Waals surface area contributed by atoms with Crippen LogP contribution in [-0.2, 0) is 14.3 Å². The van der Waals surface area contributed by atoms with E-state index in [1.54, 1.807) is 6.92 Å². The van der Waals surface area contributed by atoms with E-state index in [0.717, 1.165) is 12.8 Å². The first kappa shape index (κ1) is 15.3. The molecule has 3 N–H and O–H groups in total. The molecule has 1 aliphatic carbocycles. The number of carbonyl (C=O) groups excluding carboxylic acids is 2. The average Bonchev–Trinajstić information content (AvgIpc) is 3.16. The second-order valence-electron chi connectivity index (χ2n) is 4.46. The predicted octanol–water partition coefficient (Wildman–Crippen LogP) is 0.492. The molecule has 1 saturated carbocycles. The summed E-state index contributed by atoms with van der Waals surface area (Å²) >= 11 is 0. The maximum atomic E-state index is 11.5. The quantitative estimate of drug-likeness (QED) is 0.440. The van der Waals surface area contributed by atoms with Crippen LogP contribution in [0.1, 0.15) is 32.6 Å². The number of carboxylic acids is 1. The van der Waals surface area contributed by atoms with Crippen molar-refractivity contribution in [2.24, 2.45) is 5.92 Å². The molecule has 0 spiro atoms. The molecule has 7 heteroatoms. The van der Waals surface area contributed by atoms with Crippen LogP contribution in [0.5, 0.6) is 0 Å². The Labute approximate surface area is 111 Å². The summed E-state index contributed by atoms with van der Waals surface area (Å²) in [5, 5.41) is 13.9. The fourth-order valence-electron chi connectivity index (χ4n) is 1.67. The smallest absolute Gasteiger partial charge is 0.326 e. The minimum absolute atomic E-state index is 0.0442. The summed E-state index contributed by atoms with van der Waals surface area (Å²) in [5.74, 6) is -1.27. The van der Waals surface area contributed by atoms with Gasteiger partial charge in [0.05, 0.1) is 6.61 Å². The lowest BCUT2D eigenvalue weighted by Gasteiger charge is -2.14. The molecule has 1 rings (SSSR count). The number of amides is 2. The summed E-state index contributed by atoms with van der Waals surface area (Å²) in [6, 6.07) is -1.33. The normalized spacial score (nSPS) is 15.4. The molecule has 0 aromatic heterocycles. The molecule has 108 valence electrons. The highest BCUT2D eigenvalue weighted by molar-refractivity contribution is 5.83. The average molecular weight is 272 g/mol. The summed E-state index contributed by atoms with van der Waals surface area (Å²) in [7, 11) is 0. The van der Waals surface area contributed by atoms with E-state index in [1.165, 1.54) is 0 Å². The van der Waals surface area contributed by atoms with E-state index in [0.29, 0.717) is 19.6 Å². The number of urea groups is 1. The van der Waals surface area contributed by atoms with E-state index < -0.39 is 18.0 Å². The largest absolute Gasteiger partial charge is 0.480 e. The van der Waals surface area contributed by atoms with Gasteiger partial charge in [-0.05, 0) is 32.1 Å². The third-order valence-electron chi connectivity index (χ3n) is 2.79. The first-order valence-corrected chi connectivity index (χ1v) is 6.47. The van der Waals surface area contributed by atoms with Crippen molar-refractivity contribution in [1.82, 2.24) is 10.6 Å². The number of carboxylic acid groups (broad SMARTS) is 1. The summed E-state index contributed by atoms with van der Waals surface area (Å²) in [6.45, 7) is 2.38. The van der Waals surface area contributed by atoms with Crippen molar-refractivity contribution in [1.29, 1.82) is 0 Å². The molecule has 2 amide bonds. The maximum absolute atomic E-state index is 11.5. The van der Waals surface area contributed by atoms with Gasteiger partial charge in [0.15, 0.2) is 0 Å². The molecule has 0 radical (unpaired) electrons. The minimum atomic E-state index is -1.01. The second-order valence-corrected chi connectivity index (χ2v) is 4.46. The molecular weight excluding hydrogens is 252 g/mol. The third kappa shape index (κ3) is 6.08. The van der Waals surface area contributed by atoms with Crippen LogP contribution in [0.2, 0.25) is 0 Å². The lowest BCUT2D eigenvalue weighted by Crippen LogP contribution is -2.47. The molecule has 1 fully saturated rings. The van der Waals surface area contributed by atoms with Crippen LogP contribution in [0.3, 0.4) is 0 Å². The van der Waals surface area contributed by atoms with Gasteiger partial charge in [0, 0.05) is 13.0 Å². The van der Waals surface area contributed by atoms with Crippen molar-refractivity contribution in [2.75, 3.05) is 13.2 Å². The van der Waals surface area contributed by atoms with Crippen LogP contribution in [-0.4, -0.2) is 42.3 Å². The zero-order chi connectivity index (χ0) is 14.3. The third-order valence-corrected chi connectivity index (χ3v) is 2.79. The summed E-state index contributed by atoms with van der Waals surface area (Å²) in [4.78, 5) is 33.4. The number of aliphatic carboxylic acids is 1. The molecular formula is C12H20N2O5. The number of nitrogens with one attached hydrogen (secondary N) is 2. The van der Waals surface area contributed by atoms with E-state index in [2.05, 4.69) is 10.6 Å². The van der Waals surface area contributed by atoms with Gasteiger partial charge in [-0.2, -0.15) is 0 Å². The second kappa shape index (κ2) is 7.60. The Kier molecular flexibility index (Phi) is 6.11. The molecule has 1 atom stereocenters. The van der Waals surface area contributed by atoms with Gasteiger partial charge in [0.2, 0.25) is 0 Å². The van der Waals surface area contributed by atoms with E-state index >= 15 is 0 Å². The molecule has 19 heavy (non-hydrogen) atoms. The first-order valence-electron chi connectivity index (χ1n) is 6.47. The van der Waals surface area contributed by atoms with E-state index in [1.807, 2.05) is 0 Å². The van der Waals surface area contributed by atoms with Crippen LogP contribution in [0, 0.1) is 5.92 Å². The maximum Gasteiger partial charge on any atom is 0.326 e. The Morgan fingerprint density at radius 2 is 2.05 bits per heavy atom. The minimum Gasteiger partial charge on any atom is -0.480 e. The van der Waals surface area contributed by atoms with Crippen molar-refractivity contribution in [2.45, 2.75) is 38.6 Å². The van der Waals surface area contributed by atoms with Gasteiger partial charge < -0.3 is 20.5 Å². The zero-order valence-electron chi connectivity index (χ0n) is 11.0. The van der Waals surface area contributed by atoms with Gasteiger partial charge in [-0.1, -0.05) is 0 Å². The lowest BCUT2D eigenvalue weighted by molar-refractivity contribution is -0.143. The highest BCUT2D eigenvalue weighted by Crippen LogP contribution is 2.32. The van der Waals surface area contributed by atoms with Crippen molar-refractivity contribution in [3.63, 3.8) is 0 Å². The molecule has 0 saturated heterocycles. The lowest BCUT2D eigenvalue weighted by atomic mass is 10.2. The Hall–Kier alpha value is -1.79. The molecule has 0 aromatic carbocycles. The summed E-state index contributed by atoms with van der Waals surface area (Å²) in [6.07, 6.45) is 2.37. The number of esters is 1. The number of hydrogen-bond acceptors (Lipinski definition) is 4. The van der Waals surface area contributed by atoms with Gasteiger partial charge in [-0.25, -0.2) is 9.59 Å². The van der Waals surface area contributed by atoms with Crippen LogP contribution >= 0.6 is 0 Å². The van der Waals surface area contributed by atoms with Gasteiger partial charge in [0.1, 0.15) is 6.04 Å². The van der Waals surface area contributed by atoms with E-state index in [4.69, 9.17) is 9.84 Å². The molecule has 1 unspecified atom stereocenters. The van der Waals surface area contributed by atoms with Gasteiger partial charge in [-0.15, -0.1) is 0 Å². The topological polar surface area (TPSA) is 105 Å². The van der Waals surface area contributed by atoms with E-state index in [9.17, 15) is 14.4 Å². The molecule has 0 aliphatic heterocycles.